The zero-order chi connectivity index (χ0) is 17.9. The van der Waals surface area contributed by atoms with Crippen LogP contribution in [-0.4, -0.2) is 5.91 Å². The molecule has 0 heterocycles. The minimum Gasteiger partial charge on any atom is -0.326 e. The first kappa shape index (κ1) is 18.0. The summed E-state index contributed by atoms with van der Waals surface area (Å²) >= 11 is 0. The highest BCUT2D eigenvalue weighted by Gasteiger charge is 1.96. The molecule has 0 aliphatic rings. The van der Waals surface area contributed by atoms with Crippen LogP contribution >= 0.6 is 0 Å². The lowest BCUT2D eigenvalue weighted by Crippen LogP contribution is -2.06. The molecule has 0 aliphatic heterocycles. The lowest BCUT2D eigenvalue weighted by molar-refractivity contribution is -0.114. The third-order valence-electron chi connectivity index (χ3n) is 3.35. The molecule has 1 N–H and O–H groups in total. The van der Waals surface area contributed by atoms with E-state index in [0.717, 1.165) is 22.4 Å². The molecule has 0 bridgehead atoms. The molecule has 0 fully saturated rings. The number of hydrogen-bond acceptors (Lipinski definition) is 1. The van der Waals surface area contributed by atoms with Gasteiger partial charge >= 0.3 is 0 Å². The van der Waals surface area contributed by atoms with E-state index in [1.165, 1.54) is 6.92 Å². The number of hydrogen-bond donors (Lipinski definition) is 1. The first-order valence-electron chi connectivity index (χ1n) is 8.10. The number of aryl methyl sites for hydroxylation is 1. The summed E-state index contributed by atoms with van der Waals surface area (Å²) in [6, 6.07) is 27.7. The van der Waals surface area contributed by atoms with Gasteiger partial charge in [-0.2, -0.15) is 0 Å². The molecule has 3 aromatic rings. The van der Waals surface area contributed by atoms with Gasteiger partial charge in [0.1, 0.15) is 0 Å². The lowest BCUT2D eigenvalue weighted by Gasteiger charge is -2.03. The number of benzene rings is 3. The van der Waals surface area contributed by atoms with Crippen LogP contribution in [0.25, 0.3) is 0 Å². The molecule has 0 aliphatic carbocycles. The minimum atomic E-state index is -0.0284. The maximum absolute atomic E-state index is 10.7. The van der Waals surface area contributed by atoms with Crippen molar-refractivity contribution in [2.75, 3.05) is 5.32 Å². The van der Waals surface area contributed by atoms with Gasteiger partial charge in [-0.1, -0.05) is 66.4 Å². The highest BCUT2D eigenvalue weighted by molar-refractivity contribution is 5.89. The second-order valence-electron chi connectivity index (χ2n) is 5.48. The molecule has 0 saturated carbocycles. The zero-order valence-electron chi connectivity index (χ0n) is 14.5. The Morgan fingerprint density at radius 3 is 1.60 bits per heavy atom. The van der Waals surface area contributed by atoms with E-state index >= 15 is 0 Å². The molecule has 0 radical (unpaired) electrons. The minimum absolute atomic E-state index is 0.0284. The Kier molecular flexibility index (Phi) is 7.03. The van der Waals surface area contributed by atoms with Crippen LogP contribution in [0.4, 0.5) is 5.69 Å². The van der Waals surface area contributed by atoms with Crippen molar-refractivity contribution in [1.82, 2.24) is 0 Å². The predicted octanol–water partition coefficient (Wildman–Crippen LogP) is 5.04. The van der Waals surface area contributed by atoms with E-state index in [4.69, 9.17) is 0 Å². The van der Waals surface area contributed by atoms with Crippen molar-refractivity contribution in [2.45, 2.75) is 13.8 Å². The second-order valence-corrected chi connectivity index (χ2v) is 5.48. The van der Waals surface area contributed by atoms with Gasteiger partial charge in [0.2, 0.25) is 5.91 Å². The fourth-order valence-electron chi connectivity index (χ4n) is 2.09. The molecular weight excluding hydrogens is 306 g/mol. The summed E-state index contributed by atoms with van der Waals surface area (Å²) in [5, 5.41) is 2.73. The molecule has 1 amide bonds. The number of rotatable bonds is 1. The highest BCUT2D eigenvalue weighted by atomic mass is 16.1. The van der Waals surface area contributed by atoms with E-state index in [9.17, 15) is 4.79 Å². The molecule has 0 aromatic heterocycles. The number of carbonyl (C=O) groups excluding carboxylic acids is 1. The molecule has 3 rings (SSSR count). The summed E-state index contributed by atoms with van der Waals surface area (Å²) in [5.41, 5.74) is 4.08. The maximum Gasteiger partial charge on any atom is 0.221 e. The number of amides is 1. The summed E-state index contributed by atoms with van der Waals surface area (Å²) in [6.45, 7) is 3.47. The summed E-state index contributed by atoms with van der Waals surface area (Å²) in [6.07, 6.45) is 0. The fraction of sp³-hybridized carbons (Fsp3) is 0.0870. The van der Waals surface area contributed by atoms with Gasteiger partial charge in [0.25, 0.3) is 0 Å². The molecule has 0 atom stereocenters. The number of para-hydroxylation sites is 1. The third-order valence-corrected chi connectivity index (χ3v) is 3.35. The number of anilines is 1. The van der Waals surface area contributed by atoms with E-state index < -0.39 is 0 Å². The predicted molar refractivity (Wildman–Crippen MR) is 104 cm³/mol. The first-order chi connectivity index (χ1) is 12.1. The highest BCUT2D eigenvalue weighted by Crippen LogP contribution is 2.12. The van der Waals surface area contributed by atoms with Crippen LogP contribution in [0.5, 0.6) is 0 Å². The standard InChI is InChI=1S/C14H10.C9H11NO/c1-3-7-13(8-4-1)11-12-14-9-5-2-6-10-14;1-7-5-3-4-6-9(7)10-8(2)11/h1-10H;3-6H,1-2H3,(H,10,11). The molecule has 2 nitrogen and oxygen atoms in total. The molecular formula is C23H21NO. The van der Waals surface area contributed by atoms with Crippen molar-refractivity contribution >= 4 is 11.6 Å². The quantitative estimate of drug-likeness (QED) is 0.623. The van der Waals surface area contributed by atoms with Crippen molar-refractivity contribution in [1.29, 1.82) is 0 Å². The Hall–Kier alpha value is -3.31. The van der Waals surface area contributed by atoms with Crippen molar-refractivity contribution in [2.24, 2.45) is 0 Å². The van der Waals surface area contributed by atoms with Crippen LogP contribution < -0.4 is 5.32 Å². The van der Waals surface area contributed by atoms with Gasteiger partial charge in [-0.3, -0.25) is 4.79 Å². The summed E-state index contributed by atoms with van der Waals surface area (Å²) in [5.74, 6) is 6.19. The van der Waals surface area contributed by atoms with Crippen LogP contribution in [0.15, 0.2) is 84.9 Å². The smallest absolute Gasteiger partial charge is 0.221 e. The Labute approximate surface area is 149 Å². The van der Waals surface area contributed by atoms with E-state index in [-0.39, 0.29) is 5.91 Å². The average molecular weight is 327 g/mol. The Bertz CT molecular complexity index is 815. The Morgan fingerprint density at radius 2 is 1.16 bits per heavy atom. The zero-order valence-corrected chi connectivity index (χ0v) is 14.5. The van der Waals surface area contributed by atoms with Crippen LogP contribution in [0.1, 0.15) is 23.6 Å². The van der Waals surface area contributed by atoms with Gasteiger partial charge in [0.05, 0.1) is 0 Å². The van der Waals surface area contributed by atoms with Crippen molar-refractivity contribution in [3.05, 3.63) is 102 Å². The van der Waals surface area contributed by atoms with E-state index in [1.807, 2.05) is 91.9 Å². The third kappa shape index (κ3) is 6.76. The summed E-state index contributed by atoms with van der Waals surface area (Å²) in [7, 11) is 0. The SMILES string of the molecule is C(#Cc1ccccc1)c1ccccc1.CC(=O)Nc1ccccc1C. The second kappa shape index (κ2) is 9.75. The molecule has 124 valence electrons. The van der Waals surface area contributed by atoms with Crippen LogP contribution in [-0.2, 0) is 4.79 Å². The van der Waals surface area contributed by atoms with Crippen molar-refractivity contribution in [3.8, 4) is 11.8 Å². The van der Waals surface area contributed by atoms with Gasteiger partial charge in [-0.15, -0.1) is 0 Å². The normalized spacial score (nSPS) is 9.04. The van der Waals surface area contributed by atoms with Gasteiger partial charge in [-0.05, 0) is 42.8 Å². The van der Waals surface area contributed by atoms with Gasteiger partial charge in [0.15, 0.2) is 0 Å². The average Bonchev–Trinajstić information content (AvgIpc) is 2.64. The van der Waals surface area contributed by atoms with Crippen LogP contribution in [0.2, 0.25) is 0 Å². The maximum atomic E-state index is 10.7. The summed E-state index contributed by atoms with van der Waals surface area (Å²) in [4.78, 5) is 10.7. The van der Waals surface area contributed by atoms with E-state index in [2.05, 4.69) is 17.2 Å². The number of carbonyl (C=O) groups is 1. The molecule has 0 saturated heterocycles. The van der Waals surface area contributed by atoms with Gasteiger partial charge < -0.3 is 5.32 Å². The molecule has 25 heavy (non-hydrogen) atoms. The number of nitrogens with one attached hydrogen (secondary N) is 1. The molecule has 0 unspecified atom stereocenters. The monoisotopic (exact) mass is 327 g/mol. The molecule has 3 aromatic carbocycles. The van der Waals surface area contributed by atoms with E-state index in [1.54, 1.807) is 0 Å². The lowest BCUT2D eigenvalue weighted by atomic mass is 10.2. The van der Waals surface area contributed by atoms with Crippen molar-refractivity contribution in [3.63, 3.8) is 0 Å². The topological polar surface area (TPSA) is 29.1 Å². The summed E-state index contributed by atoms with van der Waals surface area (Å²) < 4.78 is 0. The Balaban J connectivity index is 0.000000186. The first-order valence-corrected chi connectivity index (χ1v) is 8.10. The largest absolute Gasteiger partial charge is 0.326 e. The fourth-order valence-corrected chi connectivity index (χ4v) is 2.09. The van der Waals surface area contributed by atoms with Crippen LogP contribution in [0, 0.1) is 18.8 Å². The van der Waals surface area contributed by atoms with Gasteiger partial charge in [-0.25, -0.2) is 0 Å². The van der Waals surface area contributed by atoms with Crippen LogP contribution in [0.3, 0.4) is 0 Å². The van der Waals surface area contributed by atoms with Gasteiger partial charge in [0, 0.05) is 23.7 Å². The van der Waals surface area contributed by atoms with Crippen molar-refractivity contribution < 1.29 is 4.79 Å². The Morgan fingerprint density at radius 1 is 0.720 bits per heavy atom. The molecule has 2 heteroatoms. The molecule has 0 spiro atoms. The van der Waals surface area contributed by atoms with E-state index in [0.29, 0.717) is 0 Å².